The number of aryl methyl sites for hydroxylation is 1. The summed E-state index contributed by atoms with van der Waals surface area (Å²) in [4.78, 5) is 18.8. The topological polar surface area (TPSA) is 80.5 Å². The number of aliphatic hydroxyl groups is 1. The highest BCUT2D eigenvalue weighted by Gasteiger charge is 2.71. The fraction of sp³-hybridized carbons (Fsp3) is 0.500. The second kappa shape index (κ2) is 7.71. The molecule has 0 bridgehead atoms. The van der Waals surface area contributed by atoms with Gasteiger partial charge in [0.1, 0.15) is 11.9 Å². The molecule has 2 aliphatic rings. The van der Waals surface area contributed by atoms with Crippen LogP contribution in [0.1, 0.15) is 54.3 Å². The van der Waals surface area contributed by atoms with Gasteiger partial charge in [0.05, 0.1) is 24.1 Å². The first-order valence-electron chi connectivity index (χ1n) is 10.4. The van der Waals surface area contributed by atoms with Crippen molar-refractivity contribution >= 4 is 17.5 Å². The van der Waals surface area contributed by atoms with Crippen LogP contribution in [0.3, 0.4) is 0 Å². The summed E-state index contributed by atoms with van der Waals surface area (Å²) in [5, 5.41) is 15.3. The van der Waals surface area contributed by atoms with Gasteiger partial charge in [0.2, 0.25) is 0 Å². The smallest absolute Gasteiger partial charge is 0.357 e. The molecule has 1 N–H and O–H groups in total. The van der Waals surface area contributed by atoms with Gasteiger partial charge in [-0.15, -0.1) is 0 Å². The average Bonchev–Trinajstić information content (AvgIpc) is 3.18. The molecule has 0 amide bonds. The average molecular weight is 432 g/mol. The van der Waals surface area contributed by atoms with Gasteiger partial charge in [-0.3, -0.25) is 0 Å². The molecule has 166 valence electrons. The molecule has 7 nitrogen and oxygen atoms in total. The maximum atomic E-state index is 13.5. The molecule has 0 aromatic carbocycles. The van der Waals surface area contributed by atoms with Crippen LogP contribution in [0.4, 0.5) is 14.6 Å². The van der Waals surface area contributed by atoms with Crippen LogP contribution in [-0.4, -0.2) is 51.5 Å². The molecule has 2 aromatic heterocycles. The molecule has 3 unspecified atom stereocenters. The van der Waals surface area contributed by atoms with Gasteiger partial charge in [-0.2, -0.15) is 5.10 Å². The first-order chi connectivity index (χ1) is 14.7. The molecule has 3 heterocycles. The number of alkyl halides is 2. The van der Waals surface area contributed by atoms with E-state index in [1.807, 2.05) is 11.8 Å². The number of piperidine rings is 1. The standard InChI is InChI=1S/C22H26F2N4O3/c1-5-16-13(7-8-19(25-16)27-10-14-15(11-27)22(14,23)24)20(29)17-9-18(21(30)31-6-2)28(26-17)12(3)4/h7-9,14-15,20,29H,3,5-6,10-11H2,1-2,4H3. The van der Waals surface area contributed by atoms with Gasteiger partial charge in [0, 0.05) is 30.0 Å². The molecular formula is C22H26F2N4O3. The van der Waals surface area contributed by atoms with E-state index in [0.29, 0.717) is 42.3 Å². The van der Waals surface area contributed by atoms with Crippen molar-refractivity contribution in [1.29, 1.82) is 0 Å². The number of nitrogens with zero attached hydrogens (tertiary/aromatic N) is 4. The minimum absolute atomic E-state index is 0.184. The lowest BCUT2D eigenvalue weighted by Gasteiger charge is -2.23. The molecule has 3 atom stereocenters. The lowest BCUT2D eigenvalue weighted by molar-refractivity contribution is 0.0516. The van der Waals surface area contributed by atoms with Crippen molar-refractivity contribution in [2.45, 2.75) is 39.2 Å². The molecule has 0 spiro atoms. The Morgan fingerprint density at radius 1 is 1.35 bits per heavy atom. The summed E-state index contributed by atoms with van der Waals surface area (Å²) in [6, 6.07) is 4.97. The minimum Gasteiger partial charge on any atom is -0.461 e. The van der Waals surface area contributed by atoms with E-state index in [0.717, 1.165) is 0 Å². The number of allylic oxidation sites excluding steroid dienone is 1. The number of hydrogen-bond donors (Lipinski definition) is 1. The second-order valence-corrected chi connectivity index (χ2v) is 8.08. The van der Waals surface area contributed by atoms with Crippen molar-refractivity contribution in [1.82, 2.24) is 14.8 Å². The third kappa shape index (κ3) is 3.60. The Balaban J connectivity index is 1.60. The van der Waals surface area contributed by atoms with Crippen molar-refractivity contribution < 1.29 is 23.4 Å². The monoisotopic (exact) mass is 432 g/mol. The molecule has 1 saturated carbocycles. The molecule has 0 radical (unpaired) electrons. The third-order valence-electron chi connectivity index (χ3n) is 6.00. The lowest BCUT2D eigenvalue weighted by atomic mass is 10.0. The van der Waals surface area contributed by atoms with Crippen LogP contribution in [0, 0.1) is 11.8 Å². The van der Waals surface area contributed by atoms with Crippen molar-refractivity contribution in [2.24, 2.45) is 11.8 Å². The Morgan fingerprint density at radius 2 is 2.03 bits per heavy atom. The highest BCUT2D eigenvalue weighted by atomic mass is 19.3. The van der Waals surface area contributed by atoms with Gasteiger partial charge in [0.25, 0.3) is 5.92 Å². The van der Waals surface area contributed by atoms with Gasteiger partial charge >= 0.3 is 5.97 Å². The molecule has 1 saturated heterocycles. The van der Waals surface area contributed by atoms with Gasteiger partial charge in [-0.05, 0) is 32.4 Å². The zero-order valence-corrected chi connectivity index (χ0v) is 17.8. The molecule has 9 heteroatoms. The maximum absolute atomic E-state index is 13.5. The number of anilines is 1. The minimum atomic E-state index is -2.54. The van der Waals surface area contributed by atoms with Gasteiger partial charge in [-0.25, -0.2) is 23.2 Å². The number of rotatable bonds is 7. The molecule has 1 aliphatic carbocycles. The summed E-state index contributed by atoms with van der Waals surface area (Å²) >= 11 is 0. The lowest BCUT2D eigenvalue weighted by Crippen LogP contribution is -2.28. The number of halogens is 2. The zero-order chi connectivity index (χ0) is 22.5. The van der Waals surface area contributed by atoms with Crippen molar-refractivity contribution in [3.63, 3.8) is 0 Å². The van der Waals surface area contributed by atoms with Gasteiger partial charge < -0.3 is 14.7 Å². The van der Waals surface area contributed by atoms with E-state index < -0.39 is 29.8 Å². The van der Waals surface area contributed by atoms with E-state index in [4.69, 9.17) is 4.74 Å². The summed E-state index contributed by atoms with van der Waals surface area (Å²) in [5.41, 5.74) is 2.18. The number of carbonyl (C=O) groups is 1. The van der Waals surface area contributed by atoms with Crippen LogP contribution < -0.4 is 4.90 Å². The number of ether oxygens (including phenoxy) is 1. The number of fused-ring (bicyclic) bond motifs is 1. The number of aliphatic hydroxyl groups excluding tert-OH is 1. The quantitative estimate of drug-likeness (QED) is 0.677. The number of hydrogen-bond acceptors (Lipinski definition) is 6. The maximum Gasteiger partial charge on any atom is 0.357 e. The number of aromatic nitrogens is 3. The number of pyridine rings is 1. The molecule has 2 aromatic rings. The zero-order valence-electron chi connectivity index (χ0n) is 17.8. The van der Waals surface area contributed by atoms with E-state index in [2.05, 4.69) is 16.7 Å². The van der Waals surface area contributed by atoms with E-state index in [9.17, 15) is 18.7 Å². The first-order valence-corrected chi connectivity index (χ1v) is 10.4. The van der Waals surface area contributed by atoms with Crippen LogP contribution >= 0.6 is 0 Å². The SMILES string of the molecule is C=C(C)n1nc(C(O)c2ccc(N3CC4C(C3)C4(F)F)nc2CC)cc1C(=O)OCC. The Hall–Kier alpha value is -2.81. The number of carbonyl (C=O) groups excluding carboxylic acids is 1. The van der Waals surface area contributed by atoms with Gasteiger partial charge in [0.15, 0.2) is 5.69 Å². The summed E-state index contributed by atoms with van der Waals surface area (Å²) in [7, 11) is 0. The van der Waals surface area contributed by atoms with Crippen molar-refractivity contribution in [3.05, 3.63) is 47.4 Å². The predicted octanol–water partition coefficient (Wildman–Crippen LogP) is 3.29. The van der Waals surface area contributed by atoms with Crippen LogP contribution in [0.15, 0.2) is 24.8 Å². The van der Waals surface area contributed by atoms with Crippen LogP contribution in [0.2, 0.25) is 0 Å². The van der Waals surface area contributed by atoms with Crippen LogP contribution in [0.5, 0.6) is 0 Å². The molecule has 2 fully saturated rings. The summed E-state index contributed by atoms with van der Waals surface area (Å²) in [5.74, 6) is -3.63. The summed E-state index contributed by atoms with van der Waals surface area (Å²) in [6.45, 7) is 9.94. The summed E-state index contributed by atoms with van der Waals surface area (Å²) < 4.78 is 33.4. The third-order valence-corrected chi connectivity index (χ3v) is 6.00. The van der Waals surface area contributed by atoms with E-state index in [1.54, 1.807) is 26.0 Å². The van der Waals surface area contributed by atoms with E-state index in [-0.39, 0.29) is 18.0 Å². The van der Waals surface area contributed by atoms with E-state index in [1.165, 1.54) is 10.7 Å². The van der Waals surface area contributed by atoms with Crippen LogP contribution in [0.25, 0.3) is 5.70 Å². The largest absolute Gasteiger partial charge is 0.461 e. The Labute approximate surface area is 179 Å². The van der Waals surface area contributed by atoms with Crippen molar-refractivity contribution in [2.75, 3.05) is 24.6 Å². The second-order valence-electron chi connectivity index (χ2n) is 8.08. The number of esters is 1. The molecule has 31 heavy (non-hydrogen) atoms. The molecule has 4 rings (SSSR count). The van der Waals surface area contributed by atoms with Gasteiger partial charge in [-0.1, -0.05) is 19.6 Å². The molecular weight excluding hydrogens is 406 g/mol. The normalized spacial score (nSPS) is 22.2. The highest BCUT2D eigenvalue weighted by Crippen LogP contribution is 2.59. The molecule has 1 aliphatic heterocycles. The fourth-order valence-corrected chi connectivity index (χ4v) is 4.24. The van der Waals surface area contributed by atoms with E-state index >= 15 is 0 Å². The Morgan fingerprint density at radius 3 is 2.61 bits per heavy atom. The van der Waals surface area contributed by atoms with Crippen LogP contribution in [-0.2, 0) is 11.2 Å². The fourth-order valence-electron chi connectivity index (χ4n) is 4.24. The predicted molar refractivity (Wildman–Crippen MR) is 111 cm³/mol. The Bertz CT molecular complexity index is 1020. The van der Waals surface area contributed by atoms with Crippen molar-refractivity contribution in [3.8, 4) is 0 Å². The first kappa shape index (κ1) is 21.4. The Kier molecular flexibility index (Phi) is 5.33. The summed E-state index contributed by atoms with van der Waals surface area (Å²) in [6.07, 6.45) is -0.565. The highest BCUT2D eigenvalue weighted by molar-refractivity contribution is 5.89.